The molecule has 2 amide bonds. The van der Waals surface area contributed by atoms with E-state index in [4.69, 9.17) is 15.7 Å². The number of carbonyl (C=O) groups excluding carboxylic acids is 2. The Morgan fingerprint density at radius 3 is 2.48 bits per heavy atom. The van der Waals surface area contributed by atoms with Crippen LogP contribution >= 0.6 is 0 Å². The number of primary amides is 1. The summed E-state index contributed by atoms with van der Waals surface area (Å²) in [6.45, 7) is 0.116. The molecule has 25 heavy (non-hydrogen) atoms. The number of nitrogens with one attached hydrogen (secondary N) is 1. The highest BCUT2D eigenvalue weighted by molar-refractivity contribution is 5.87. The van der Waals surface area contributed by atoms with Crippen LogP contribution in [0.25, 0.3) is 0 Å². The zero-order valence-corrected chi connectivity index (χ0v) is 13.6. The molecule has 1 atom stereocenters. The summed E-state index contributed by atoms with van der Waals surface area (Å²) in [7, 11) is 0. The summed E-state index contributed by atoms with van der Waals surface area (Å²) >= 11 is 0. The first-order valence-electron chi connectivity index (χ1n) is 7.78. The third kappa shape index (κ3) is 5.75. The summed E-state index contributed by atoms with van der Waals surface area (Å²) in [5.74, 6) is -1.10. The molecule has 0 aliphatic heterocycles. The zero-order valence-electron chi connectivity index (χ0n) is 13.6. The lowest BCUT2D eigenvalue weighted by Gasteiger charge is -2.16. The molecule has 0 aromatic heterocycles. The summed E-state index contributed by atoms with van der Waals surface area (Å²) < 4.78 is 5.34. The van der Waals surface area contributed by atoms with Crippen LogP contribution in [0.1, 0.15) is 16.7 Å². The van der Waals surface area contributed by atoms with Crippen LogP contribution in [0, 0.1) is 11.3 Å². The third-order valence-electron chi connectivity index (χ3n) is 3.59. The first-order chi connectivity index (χ1) is 12.1. The number of hydrogen-bond donors (Lipinski definition) is 2. The first-order valence-corrected chi connectivity index (χ1v) is 7.78. The molecule has 2 aromatic carbocycles. The number of amides is 2. The van der Waals surface area contributed by atoms with E-state index in [1.165, 1.54) is 0 Å². The molecule has 0 heterocycles. The fourth-order valence-corrected chi connectivity index (χ4v) is 2.32. The summed E-state index contributed by atoms with van der Waals surface area (Å²) in [4.78, 5) is 23.6. The van der Waals surface area contributed by atoms with E-state index in [1.807, 2.05) is 30.3 Å². The highest BCUT2D eigenvalue weighted by atomic mass is 16.5. The van der Waals surface area contributed by atoms with Crippen molar-refractivity contribution in [3.05, 3.63) is 71.3 Å². The lowest BCUT2D eigenvalue weighted by atomic mass is 10.0. The lowest BCUT2D eigenvalue weighted by Crippen LogP contribution is -2.47. The fourth-order valence-electron chi connectivity index (χ4n) is 2.32. The molecule has 128 valence electrons. The molecule has 0 fully saturated rings. The van der Waals surface area contributed by atoms with E-state index < -0.39 is 17.9 Å². The van der Waals surface area contributed by atoms with E-state index in [0.717, 1.165) is 5.56 Å². The number of carbonyl (C=O) groups is 2. The molecule has 6 heteroatoms. The Kier molecular flexibility index (Phi) is 6.69. The smallest absolute Gasteiger partial charge is 0.246 e. The van der Waals surface area contributed by atoms with Crippen molar-refractivity contribution in [3.8, 4) is 6.07 Å². The van der Waals surface area contributed by atoms with Crippen molar-refractivity contribution >= 4 is 11.8 Å². The Bertz CT molecular complexity index is 769. The molecule has 2 aromatic rings. The van der Waals surface area contributed by atoms with Gasteiger partial charge in [0.15, 0.2) is 0 Å². The van der Waals surface area contributed by atoms with E-state index >= 15 is 0 Å². The van der Waals surface area contributed by atoms with E-state index in [9.17, 15) is 9.59 Å². The van der Waals surface area contributed by atoms with Crippen molar-refractivity contribution in [2.24, 2.45) is 5.73 Å². The Morgan fingerprint density at radius 2 is 1.80 bits per heavy atom. The topological polar surface area (TPSA) is 105 Å². The molecule has 3 N–H and O–H groups in total. The molecular formula is C19H19N3O3. The van der Waals surface area contributed by atoms with Crippen LogP contribution in [0.2, 0.25) is 0 Å². The molecule has 0 saturated heterocycles. The molecular weight excluding hydrogens is 318 g/mol. The van der Waals surface area contributed by atoms with Gasteiger partial charge in [-0.05, 0) is 17.2 Å². The molecule has 2 rings (SSSR count). The van der Waals surface area contributed by atoms with Crippen molar-refractivity contribution in [1.29, 1.82) is 5.26 Å². The van der Waals surface area contributed by atoms with E-state index in [-0.39, 0.29) is 13.0 Å². The minimum atomic E-state index is -0.901. The van der Waals surface area contributed by atoms with E-state index in [2.05, 4.69) is 11.4 Å². The van der Waals surface area contributed by atoms with Crippen LogP contribution in [-0.2, 0) is 27.4 Å². The Labute approximate surface area is 146 Å². The molecule has 0 spiro atoms. The van der Waals surface area contributed by atoms with Crippen LogP contribution in [0.15, 0.2) is 54.6 Å². The van der Waals surface area contributed by atoms with Gasteiger partial charge in [0.25, 0.3) is 0 Å². The summed E-state index contributed by atoms with van der Waals surface area (Å²) in [6.07, 6.45) is 0.156. The van der Waals surface area contributed by atoms with Crippen LogP contribution in [0.5, 0.6) is 0 Å². The predicted octanol–water partition coefficient (Wildman–Crippen LogP) is 1.29. The Morgan fingerprint density at radius 1 is 1.12 bits per heavy atom. The van der Waals surface area contributed by atoms with E-state index in [0.29, 0.717) is 17.7 Å². The van der Waals surface area contributed by atoms with Crippen LogP contribution < -0.4 is 11.1 Å². The third-order valence-corrected chi connectivity index (χ3v) is 3.59. The maximum Gasteiger partial charge on any atom is 0.246 e. The first kappa shape index (κ1) is 18.2. The fraction of sp³-hybridized carbons (Fsp3) is 0.211. The summed E-state index contributed by atoms with van der Waals surface area (Å²) in [6, 6.07) is 17.5. The highest BCUT2D eigenvalue weighted by Crippen LogP contribution is 2.10. The van der Waals surface area contributed by atoms with Gasteiger partial charge in [-0.1, -0.05) is 48.5 Å². The number of rotatable bonds is 8. The number of nitrogens with zero attached hydrogens (tertiary/aromatic N) is 1. The van der Waals surface area contributed by atoms with Crippen molar-refractivity contribution in [1.82, 2.24) is 5.32 Å². The predicted molar refractivity (Wildman–Crippen MR) is 92.1 cm³/mol. The average molecular weight is 337 g/mol. The maximum absolute atomic E-state index is 12.0. The minimum Gasteiger partial charge on any atom is -0.368 e. The monoisotopic (exact) mass is 337 g/mol. The lowest BCUT2D eigenvalue weighted by molar-refractivity contribution is -0.130. The molecule has 6 nitrogen and oxygen atoms in total. The van der Waals surface area contributed by atoms with Crippen molar-refractivity contribution in [3.63, 3.8) is 0 Å². The largest absolute Gasteiger partial charge is 0.368 e. The summed E-state index contributed by atoms with van der Waals surface area (Å²) in [5.41, 5.74) is 7.42. The second-order valence-electron chi connectivity index (χ2n) is 5.47. The number of nitriles is 1. The second-order valence-corrected chi connectivity index (χ2v) is 5.47. The van der Waals surface area contributed by atoms with Gasteiger partial charge in [-0.15, -0.1) is 0 Å². The van der Waals surface area contributed by atoms with Gasteiger partial charge in [0.1, 0.15) is 12.6 Å². The highest BCUT2D eigenvalue weighted by Gasteiger charge is 2.20. The van der Waals surface area contributed by atoms with Crippen LogP contribution in [0.3, 0.4) is 0 Å². The van der Waals surface area contributed by atoms with Gasteiger partial charge in [-0.2, -0.15) is 5.26 Å². The zero-order chi connectivity index (χ0) is 18.1. The number of ether oxygens (including phenoxy) is 1. The summed E-state index contributed by atoms with van der Waals surface area (Å²) in [5, 5.41) is 11.7. The standard InChI is InChI=1S/C19H19N3O3/c20-11-16-9-5-4-8-15(16)10-17(19(21)24)22-18(23)13-25-12-14-6-2-1-3-7-14/h1-9,17H,10,12-13H2,(H2,21,24)(H,22,23)/t17-/m1/s1. The molecule has 0 saturated carbocycles. The van der Waals surface area contributed by atoms with Gasteiger partial charge in [0.05, 0.1) is 18.2 Å². The van der Waals surface area contributed by atoms with Gasteiger partial charge in [-0.25, -0.2) is 0 Å². The van der Waals surface area contributed by atoms with Crippen molar-refractivity contribution in [2.45, 2.75) is 19.1 Å². The van der Waals surface area contributed by atoms with Gasteiger partial charge in [-0.3, -0.25) is 9.59 Å². The molecule has 0 bridgehead atoms. The van der Waals surface area contributed by atoms with Gasteiger partial charge >= 0.3 is 0 Å². The molecule has 0 radical (unpaired) electrons. The minimum absolute atomic E-state index is 0.156. The number of hydrogen-bond acceptors (Lipinski definition) is 4. The SMILES string of the molecule is N#Cc1ccccc1C[C@@H](NC(=O)COCc1ccccc1)C(N)=O. The van der Waals surface area contributed by atoms with Gasteiger partial charge < -0.3 is 15.8 Å². The maximum atomic E-state index is 12.0. The van der Waals surface area contributed by atoms with Crippen LogP contribution in [0.4, 0.5) is 0 Å². The molecule has 0 aliphatic carbocycles. The number of benzene rings is 2. The van der Waals surface area contributed by atoms with Gasteiger partial charge in [0.2, 0.25) is 11.8 Å². The second kappa shape index (κ2) is 9.21. The van der Waals surface area contributed by atoms with E-state index in [1.54, 1.807) is 24.3 Å². The Balaban J connectivity index is 1.89. The Hall–Kier alpha value is -3.17. The quantitative estimate of drug-likeness (QED) is 0.757. The molecule has 0 unspecified atom stereocenters. The molecule has 0 aliphatic rings. The van der Waals surface area contributed by atoms with Gasteiger partial charge in [0, 0.05) is 6.42 Å². The normalized spacial score (nSPS) is 11.3. The number of nitrogens with two attached hydrogens (primary N) is 1. The van der Waals surface area contributed by atoms with Crippen LogP contribution in [-0.4, -0.2) is 24.5 Å². The average Bonchev–Trinajstić information content (AvgIpc) is 2.62. The van der Waals surface area contributed by atoms with Crippen molar-refractivity contribution in [2.75, 3.05) is 6.61 Å². The van der Waals surface area contributed by atoms with Crippen molar-refractivity contribution < 1.29 is 14.3 Å².